The molecule has 0 bridgehead atoms. The van der Waals surface area contributed by atoms with Gasteiger partial charge in [-0.3, -0.25) is 14.3 Å². The second-order valence-electron chi connectivity index (χ2n) is 7.72. The highest BCUT2D eigenvalue weighted by atomic mass is 32.2. The standard InChI is InChI=1S/C24H21N5O.CH4O3S/c1-16-5-8-18(9-6-16)23(30)27-20-10-7-17(2)22(14-20)29-24-26-13-11-21(28-24)19-4-3-12-25-15-19;1-5(2,3)4/h3-15H,1-2H3,(H,27,30)(H,26,28,29);1H3,(H,2,3,4). The molecule has 1 amide bonds. The molecule has 0 atom stereocenters. The smallest absolute Gasteiger partial charge is 0.261 e. The van der Waals surface area contributed by atoms with Crippen molar-refractivity contribution in [3.63, 3.8) is 0 Å². The maximum absolute atomic E-state index is 12.5. The predicted molar refractivity (Wildman–Crippen MR) is 136 cm³/mol. The van der Waals surface area contributed by atoms with E-state index in [0.29, 0.717) is 23.5 Å². The van der Waals surface area contributed by atoms with Crippen LogP contribution in [0, 0.1) is 13.8 Å². The van der Waals surface area contributed by atoms with Crippen LogP contribution >= 0.6 is 0 Å². The normalized spacial score (nSPS) is 10.6. The molecule has 35 heavy (non-hydrogen) atoms. The van der Waals surface area contributed by atoms with Gasteiger partial charge < -0.3 is 10.6 Å². The van der Waals surface area contributed by atoms with Crippen molar-refractivity contribution in [2.45, 2.75) is 13.8 Å². The maximum Gasteiger partial charge on any atom is 0.261 e. The Balaban J connectivity index is 0.000000623. The van der Waals surface area contributed by atoms with E-state index in [2.05, 4.69) is 25.6 Å². The van der Waals surface area contributed by atoms with Gasteiger partial charge in [-0.25, -0.2) is 9.97 Å². The Labute approximate surface area is 204 Å². The van der Waals surface area contributed by atoms with E-state index in [9.17, 15) is 13.2 Å². The number of nitrogens with one attached hydrogen (secondary N) is 2. The molecule has 0 saturated carbocycles. The van der Waals surface area contributed by atoms with Gasteiger partial charge in [-0.2, -0.15) is 8.42 Å². The molecule has 0 unspecified atom stereocenters. The summed E-state index contributed by atoms with van der Waals surface area (Å²) in [5, 5.41) is 6.19. The summed E-state index contributed by atoms with van der Waals surface area (Å²) in [6.45, 7) is 3.98. The summed E-state index contributed by atoms with van der Waals surface area (Å²) < 4.78 is 25.9. The average molecular weight is 492 g/mol. The van der Waals surface area contributed by atoms with Crippen LogP contribution < -0.4 is 10.6 Å². The minimum atomic E-state index is -3.67. The molecule has 180 valence electrons. The molecule has 4 aromatic rings. The van der Waals surface area contributed by atoms with E-state index in [0.717, 1.165) is 28.1 Å². The molecule has 4 rings (SSSR count). The van der Waals surface area contributed by atoms with E-state index >= 15 is 0 Å². The Hall–Kier alpha value is -4.15. The molecule has 2 heterocycles. The SMILES string of the molecule is CS(=O)(=O)O.Cc1ccc(C(=O)Nc2ccc(C)c(Nc3nccc(-c4cccnc4)n3)c2)cc1. The van der Waals surface area contributed by atoms with Crippen molar-refractivity contribution in [3.05, 3.63) is 95.9 Å². The summed E-state index contributed by atoms with van der Waals surface area (Å²) in [5.41, 5.74) is 5.95. The first kappa shape index (κ1) is 25.5. The van der Waals surface area contributed by atoms with E-state index in [1.807, 2.05) is 74.5 Å². The lowest BCUT2D eigenvalue weighted by Crippen LogP contribution is -2.12. The second kappa shape index (κ2) is 11.3. The fraction of sp³-hybridized carbons (Fsp3) is 0.120. The highest BCUT2D eigenvalue weighted by molar-refractivity contribution is 7.85. The fourth-order valence-corrected chi connectivity index (χ4v) is 2.96. The van der Waals surface area contributed by atoms with Crippen LogP contribution in [0.5, 0.6) is 0 Å². The number of nitrogens with zero attached hydrogens (tertiary/aromatic N) is 3. The van der Waals surface area contributed by atoms with Crippen molar-refractivity contribution in [1.29, 1.82) is 0 Å². The van der Waals surface area contributed by atoms with Crippen LogP contribution in [0.3, 0.4) is 0 Å². The number of hydrogen-bond acceptors (Lipinski definition) is 7. The van der Waals surface area contributed by atoms with Crippen LogP contribution in [0.4, 0.5) is 17.3 Å². The van der Waals surface area contributed by atoms with E-state index < -0.39 is 10.1 Å². The minimum absolute atomic E-state index is 0.153. The van der Waals surface area contributed by atoms with Gasteiger partial charge in [0, 0.05) is 41.1 Å². The summed E-state index contributed by atoms with van der Waals surface area (Å²) >= 11 is 0. The number of amides is 1. The lowest BCUT2D eigenvalue weighted by atomic mass is 10.1. The lowest BCUT2D eigenvalue weighted by Gasteiger charge is -2.12. The fourth-order valence-electron chi connectivity index (χ4n) is 2.96. The van der Waals surface area contributed by atoms with Gasteiger partial charge in [-0.1, -0.05) is 23.8 Å². The minimum Gasteiger partial charge on any atom is -0.324 e. The molecule has 2 aromatic heterocycles. The largest absolute Gasteiger partial charge is 0.324 e. The highest BCUT2D eigenvalue weighted by Crippen LogP contribution is 2.24. The van der Waals surface area contributed by atoms with E-state index in [1.54, 1.807) is 18.6 Å². The lowest BCUT2D eigenvalue weighted by molar-refractivity contribution is 0.102. The molecule has 2 aromatic carbocycles. The number of aryl methyl sites for hydroxylation is 2. The maximum atomic E-state index is 12.5. The first-order chi connectivity index (χ1) is 16.6. The predicted octanol–water partition coefficient (Wildman–Crippen LogP) is 4.66. The average Bonchev–Trinajstić information content (AvgIpc) is 2.81. The van der Waals surface area contributed by atoms with Gasteiger partial charge in [0.1, 0.15) is 0 Å². The molecule has 9 nitrogen and oxygen atoms in total. The first-order valence-electron chi connectivity index (χ1n) is 10.5. The molecule has 0 radical (unpaired) electrons. The van der Waals surface area contributed by atoms with Crippen molar-refractivity contribution in [3.8, 4) is 11.3 Å². The van der Waals surface area contributed by atoms with Crippen LogP contribution in [0.15, 0.2) is 79.3 Å². The number of pyridine rings is 1. The summed E-state index contributed by atoms with van der Waals surface area (Å²) in [5.74, 6) is 0.320. The zero-order chi connectivity index (χ0) is 25.4. The Kier molecular flexibility index (Phi) is 8.24. The summed E-state index contributed by atoms with van der Waals surface area (Å²) in [7, 11) is -3.67. The Bertz CT molecular complexity index is 1400. The van der Waals surface area contributed by atoms with Crippen molar-refractivity contribution >= 4 is 33.3 Å². The quantitative estimate of drug-likeness (QED) is 0.343. The van der Waals surface area contributed by atoms with Gasteiger partial charge >= 0.3 is 0 Å². The summed E-state index contributed by atoms with van der Waals surface area (Å²) in [6, 6.07) is 18.8. The van der Waals surface area contributed by atoms with Gasteiger partial charge in [0.15, 0.2) is 0 Å². The van der Waals surface area contributed by atoms with E-state index in [-0.39, 0.29) is 5.91 Å². The van der Waals surface area contributed by atoms with Crippen LogP contribution in [0.1, 0.15) is 21.5 Å². The monoisotopic (exact) mass is 491 g/mol. The molecule has 3 N–H and O–H groups in total. The second-order valence-corrected chi connectivity index (χ2v) is 9.18. The number of hydrogen-bond donors (Lipinski definition) is 3. The van der Waals surface area contributed by atoms with Crippen molar-refractivity contribution < 1.29 is 17.8 Å². The molecule has 0 saturated heterocycles. The molecule has 0 aliphatic carbocycles. The molecule has 0 spiro atoms. The van der Waals surface area contributed by atoms with Gasteiger partial charge in [0.2, 0.25) is 5.95 Å². The van der Waals surface area contributed by atoms with Crippen LogP contribution in [0.25, 0.3) is 11.3 Å². The van der Waals surface area contributed by atoms with Gasteiger partial charge in [0.05, 0.1) is 11.9 Å². The summed E-state index contributed by atoms with van der Waals surface area (Å²) in [4.78, 5) is 25.6. The molecule has 0 aliphatic heterocycles. The van der Waals surface area contributed by atoms with Crippen LogP contribution in [-0.4, -0.2) is 40.1 Å². The Morgan fingerprint density at radius 2 is 1.69 bits per heavy atom. The topological polar surface area (TPSA) is 134 Å². The van der Waals surface area contributed by atoms with Crippen molar-refractivity contribution in [1.82, 2.24) is 15.0 Å². The molecule has 10 heteroatoms. The van der Waals surface area contributed by atoms with E-state index in [4.69, 9.17) is 4.55 Å². The highest BCUT2D eigenvalue weighted by Gasteiger charge is 2.09. The van der Waals surface area contributed by atoms with Crippen LogP contribution in [-0.2, 0) is 10.1 Å². The number of carbonyl (C=O) groups is 1. The van der Waals surface area contributed by atoms with E-state index in [1.165, 1.54) is 0 Å². The van der Waals surface area contributed by atoms with Gasteiger partial charge in [0.25, 0.3) is 16.0 Å². The number of benzene rings is 2. The first-order valence-corrected chi connectivity index (χ1v) is 12.3. The zero-order valence-electron chi connectivity index (χ0n) is 19.4. The number of carbonyl (C=O) groups excluding carboxylic acids is 1. The Morgan fingerprint density at radius 1 is 0.971 bits per heavy atom. The molecular formula is C25H25N5O4S. The third kappa shape index (κ3) is 8.29. The van der Waals surface area contributed by atoms with Crippen molar-refractivity contribution in [2.75, 3.05) is 16.9 Å². The van der Waals surface area contributed by atoms with Gasteiger partial charge in [-0.05, 0) is 61.9 Å². The molecule has 0 aliphatic rings. The molecule has 0 fully saturated rings. The summed E-state index contributed by atoms with van der Waals surface area (Å²) in [6.07, 6.45) is 5.91. The Morgan fingerprint density at radius 3 is 2.34 bits per heavy atom. The third-order valence-corrected chi connectivity index (χ3v) is 4.67. The third-order valence-electron chi connectivity index (χ3n) is 4.67. The van der Waals surface area contributed by atoms with Crippen LogP contribution in [0.2, 0.25) is 0 Å². The number of rotatable bonds is 5. The van der Waals surface area contributed by atoms with Gasteiger partial charge in [-0.15, -0.1) is 0 Å². The molecular weight excluding hydrogens is 466 g/mol. The number of aromatic nitrogens is 3. The van der Waals surface area contributed by atoms with Crippen molar-refractivity contribution in [2.24, 2.45) is 0 Å². The number of anilines is 3. The zero-order valence-corrected chi connectivity index (χ0v) is 20.2.